The van der Waals surface area contributed by atoms with Crippen LogP contribution in [0.1, 0.15) is 16.5 Å². The van der Waals surface area contributed by atoms with Crippen LogP contribution in [-0.4, -0.2) is 15.5 Å². The van der Waals surface area contributed by atoms with Crippen molar-refractivity contribution in [3.8, 4) is 0 Å². The lowest BCUT2D eigenvalue weighted by molar-refractivity contribution is -0.124. The molecule has 4 rings (SSSR count). The largest absolute Gasteiger partial charge is 0.350 e. The number of aromatic amines is 1. The van der Waals surface area contributed by atoms with Crippen molar-refractivity contribution >= 4 is 28.1 Å². The molecule has 0 aliphatic heterocycles. The highest BCUT2D eigenvalue weighted by Gasteiger charge is 2.26. The summed E-state index contributed by atoms with van der Waals surface area (Å²) in [5.74, 6) is -2.98. The summed E-state index contributed by atoms with van der Waals surface area (Å²) in [6, 6.07) is 8.52. The van der Waals surface area contributed by atoms with Gasteiger partial charge in [-0.1, -0.05) is 12.1 Å². The van der Waals surface area contributed by atoms with E-state index < -0.39 is 40.6 Å². The number of rotatable bonds is 6. The Bertz CT molecular complexity index is 1410. The molecule has 2 aromatic carbocycles. The van der Waals surface area contributed by atoms with E-state index in [1.165, 1.54) is 23.5 Å². The van der Waals surface area contributed by atoms with Crippen LogP contribution in [0.25, 0.3) is 10.9 Å². The number of fused-ring (bicyclic) bond motifs is 1. The average molecular weight is 459 g/mol. The van der Waals surface area contributed by atoms with Crippen LogP contribution in [0.5, 0.6) is 0 Å². The molecule has 0 aliphatic rings. The summed E-state index contributed by atoms with van der Waals surface area (Å²) in [7, 11) is 0. The van der Waals surface area contributed by atoms with Gasteiger partial charge in [0.25, 0.3) is 5.56 Å². The summed E-state index contributed by atoms with van der Waals surface area (Å²) in [5.41, 5.74) is -1.48. The van der Waals surface area contributed by atoms with Crippen LogP contribution in [0, 0.1) is 17.5 Å². The van der Waals surface area contributed by atoms with Crippen LogP contribution in [0.4, 0.5) is 13.2 Å². The molecule has 2 N–H and O–H groups in total. The second-order valence-electron chi connectivity index (χ2n) is 7.05. The van der Waals surface area contributed by atoms with Crippen molar-refractivity contribution < 1.29 is 18.0 Å². The number of nitrogens with zero attached hydrogens (tertiary/aromatic N) is 1. The van der Waals surface area contributed by atoms with E-state index in [1.54, 1.807) is 17.5 Å². The zero-order chi connectivity index (χ0) is 22.8. The van der Waals surface area contributed by atoms with Gasteiger partial charge in [0.1, 0.15) is 23.5 Å². The van der Waals surface area contributed by atoms with E-state index in [2.05, 4.69) is 10.3 Å². The number of thiophene rings is 1. The number of hydrogen-bond acceptors (Lipinski definition) is 4. The van der Waals surface area contributed by atoms with Gasteiger partial charge in [-0.15, -0.1) is 11.3 Å². The number of H-pyrrole nitrogens is 1. The maximum Gasteiger partial charge on any atom is 0.329 e. The van der Waals surface area contributed by atoms with Crippen molar-refractivity contribution in [1.29, 1.82) is 0 Å². The molecule has 1 atom stereocenters. The highest BCUT2D eigenvalue weighted by molar-refractivity contribution is 7.09. The predicted molar refractivity (Wildman–Crippen MR) is 114 cm³/mol. The fourth-order valence-electron chi connectivity index (χ4n) is 3.37. The molecule has 32 heavy (non-hydrogen) atoms. The van der Waals surface area contributed by atoms with Crippen LogP contribution in [0.2, 0.25) is 0 Å². The van der Waals surface area contributed by atoms with Gasteiger partial charge in [-0.05, 0) is 35.7 Å². The number of carbonyl (C=O) groups excluding carboxylic acids is 1. The first-order chi connectivity index (χ1) is 15.3. The zero-order valence-corrected chi connectivity index (χ0v) is 17.2. The van der Waals surface area contributed by atoms with E-state index in [-0.39, 0.29) is 29.4 Å². The van der Waals surface area contributed by atoms with E-state index in [4.69, 9.17) is 0 Å². The molecule has 0 saturated heterocycles. The molecule has 0 saturated carbocycles. The highest BCUT2D eigenvalue weighted by Crippen LogP contribution is 2.18. The molecule has 0 radical (unpaired) electrons. The van der Waals surface area contributed by atoms with Gasteiger partial charge in [-0.25, -0.2) is 22.5 Å². The number of carbonyl (C=O) groups is 1. The monoisotopic (exact) mass is 459 g/mol. The molecule has 2 heterocycles. The molecule has 0 bridgehead atoms. The molecule has 0 aliphatic carbocycles. The predicted octanol–water partition coefficient (Wildman–Crippen LogP) is 3.27. The number of amides is 1. The first-order valence-electron chi connectivity index (χ1n) is 9.51. The molecule has 0 fully saturated rings. The zero-order valence-electron chi connectivity index (χ0n) is 16.4. The minimum atomic E-state index is -1.28. The highest BCUT2D eigenvalue weighted by atomic mass is 32.1. The van der Waals surface area contributed by atoms with Gasteiger partial charge in [0.15, 0.2) is 0 Å². The van der Waals surface area contributed by atoms with Crippen molar-refractivity contribution in [1.82, 2.24) is 14.9 Å². The van der Waals surface area contributed by atoms with Crippen LogP contribution in [-0.2, 0) is 17.8 Å². The molecular formula is C22H16F3N3O3S. The molecule has 1 unspecified atom stereocenters. The van der Waals surface area contributed by atoms with Gasteiger partial charge in [0.2, 0.25) is 5.91 Å². The summed E-state index contributed by atoms with van der Waals surface area (Å²) in [6.45, 7) is -0.277. The standard InChI is InChI=1S/C22H16F3N3O3S/c23-13-5-6-18-16(8-13)21(30)28(22(31)27-18)19(10-15-2-1-7-32-15)20(29)26-11-12-3-4-14(24)9-17(12)25/h1-9,19H,10-11H2,(H,26,29)(H,27,31). The van der Waals surface area contributed by atoms with Crippen molar-refractivity contribution in [2.75, 3.05) is 0 Å². The van der Waals surface area contributed by atoms with E-state index in [0.29, 0.717) is 6.07 Å². The minimum absolute atomic E-state index is 0.0131. The smallest absolute Gasteiger partial charge is 0.329 e. The molecule has 1 amide bonds. The maximum atomic E-state index is 13.9. The second-order valence-corrected chi connectivity index (χ2v) is 8.08. The Kier molecular flexibility index (Phi) is 5.95. The quantitative estimate of drug-likeness (QED) is 0.464. The Morgan fingerprint density at radius 2 is 1.81 bits per heavy atom. The van der Waals surface area contributed by atoms with Gasteiger partial charge in [-0.3, -0.25) is 9.59 Å². The van der Waals surface area contributed by atoms with Crippen molar-refractivity contribution in [3.63, 3.8) is 0 Å². The van der Waals surface area contributed by atoms with Gasteiger partial charge in [0, 0.05) is 29.5 Å². The molecule has 0 spiro atoms. The van der Waals surface area contributed by atoms with E-state index >= 15 is 0 Å². The third kappa shape index (κ3) is 4.35. The Balaban J connectivity index is 1.73. The van der Waals surface area contributed by atoms with Gasteiger partial charge in [0.05, 0.1) is 10.9 Å². The Hall–Kier alpha value is -3.66. The summed E-state index contributed by atoms with van der Waals surface area (Å²) in [4.78, 5) is 42.0. The van der Waals surface area contributed by atoms with E-state index in [0.717, 1.165) is 27.6 Å². The molecule has 164 valence electrons. The first-order valence-corrected chi connectivity index (χ1v) is 10.4. The van der Waals surface area contributed by atoms with Gasteiger partial charge < -0.3 is 10.3 Å². The normalized spacial score (nSPS) is 12.1. The van der Waals surface area contributed by atoms with Crippen LogP contribution >= 0.6 is 11.3 Å². The van der Waals surface area contributed by atoms with Crippen LogP contribution in [0.15, 0.2) is 63.5 Å². The lowest BCUT2D eigenvalue weighted by Crippen LogP contribution is -2.45. The number of halogens is 3. The van der Waals surface area contributed by atoms with E-state index in [9.17, 15) is 27.6 Å². The minimum Gasteiger partial charge on any atom is -0.350 e. The first kappa shape index (κ1) is 21.6. The van der Waals surface area contributed by atoms with Crippen LogP contribution in [0.3, 0.4) is 0 Å². The lowest BCUT2D eigenvalue weighted by Gasteiger charge is -2.19. The third-order valence-corrected chi connectivity index (χ3v) is 5.85. The summed E-state index contributed by atoms with van der Waals surface area (Å²) in [6.07, 6.45) is 0.0131. The van der Waals surface area contributed by atoms with Gasteiger partial charge in [-0.2, -0.15) is 0 Å². The second kappa shape index (κ2) is 8.83. The lowest BCUT2D eigenvalue weighted by atomic mass is 10.1. The Labute approximate surface area is 183 Å². The average Bonchev–Trinajstić information content (AvgIpc) is 3.26. The topological polar surface area (TPSA) is 84.0 Å². The molecule has 2 aromatic heterocycles. The number of nitrogens with one attached hydrogen (secondary N) is 2. The maximum absolute atomic E-state index is 13.9. The summed E-state index contributed by atoms with van der Waals surface area (Å²) in [5, 5.41) is 4.19. The summed E-state index contributed by atoms with van der Waals surface area (Å²) < 4.78 is 41.5. The SMILES string of the molecule is O=C(NCc1ccc(F)cc1F)C(Cc1cccs1)n1c(=O)[nH]c2ccc(F)cc2c1=O. The fraction of sp³-hybridized carbons (Fsp3) is 0.136. The van der Waals surface area contributed by atoms with E-state index in [1.807, 2.05) is 0 Å². The molecule has 10 heteroatoms. The number of aromatic nitrogens is 2. The molecular weight excluding hydrogens is 443 g/mol. The number of benzene rings is 2. The van der Waals surface area contributed by atoms with Gasteiger partial charge >= 0.3 is 5.69 Å². The van der Waals surface area contributed by atoms with Crippen molar-refractivity contribution in [3.05, 3.63) is 103 Å². The molecule has 6 nitrogen and oxygen atoms in total. The Morgan fingerprint density at radius 3 is 2.53 bits per heavy atom. The van der Waals surface area contributed by atoms with Crippen molar-refractivity contribution in [2.24, 2.45) is 0 Å². The summed E-state index contributed by atoms with van der Waals surface area (Å²) >= 11 is 1.33. The fourth-order valence-corrected chi connectivity index (χ4v) is 4.11. The Morgan fingerprint density at radius 1 is 1.06 bits per heavy atom. The van der Waals surface area contributed by atoms with Crippen molar-refractivity contribution in [2.45, 2.75) is 19.0 Å². The number of hydrogen-bond donors (Lipinski definition) is 2. The third-order valence-electron chi connectivity index (χ3n) is 4.95. The van der Waals surface area contributed by atoms with Crippen LogP contribution < -0.4 is 16.6 Å². The molecule has 4 aromatic rings.